The van der Waals surface area contributed by atoms with Gasteiger partial charge >= 0.3 is 0 Å². The van der Waals surface area contributed by atoms with Crippen LogP contribution in [-0.4, -0.2) is 5.91 Å². The molecule has 2 heteroatoms. The number of hydrogen-bond acceptors (Lipinski definition) is 1. The van der Waals surface area contributed by atoms with Gasteiger partial charge in [-0.3, -0.25) is 4.79 Å². The molecule has 0 aliphatic carbocycles. The van der Waals surface area contributed by atoms with Crippen LogP contribution in [0.4, 0.5) is 0 Å². The zero-order chi connectivity index (χ0) is 9.80. The molecule has 0 saturated carbocycles. The summed E-state index contributed by atoms with van der Waals surface area (Å²) >= 11 is 0. The number of amides is 1. The number of rotatable bonds is 0. The van der Waals surface area contributed by atoms with Crippen LogP contribution in [0.2, 0.25) is 0 Å². The van der Waals surface area contributed by atoms with Crippen molar-refractivity contribution in [1.82, 2.24) is 0 Å². The lowest BCUT2D eigenvalue weighted by Gasteiger charge is -1.86. The average Bonchev–Trinajstić information content (AvgIpc) is 2.27. The largest absolute Gasteiger partial charge is 0.270 e. The summed E-state index contributed by atoms with van der Waals surface area (Å²) in [5.74, 6) is -0.225. The summed E-state index contributed by atoms with van der Waals surface area (Å²) in [5, 5.41) is 1.68. The standard InChI is InChI=1S/C12H9NO/c14-12-9-3-1-2-6-10-7-4-5-8-11(10)13-12/h1-9H. The Morgan fingerprint density at radius 1 is 1.00 bits per heavy atom. The fraction of sp³-hybridized carbons (Fsp3) is 0. The van der Waals surface area contributed by atoms with Crippen LogP contribution >= 0.6 is 0 Å². The topological polar surface area (TPSA) is 29.4 Å². The molecule has 1 aliphatic rings. The van der Waals surface area contributed by atoms with Gasteiger partial charge in [-0.05, 0) is 6.07 Å². The quantitative estimate of drug-likeness (QED) is 0.583. The van der Waals surface area contributed by atoms with Gasteiger partial charge in [-0.2, -0.15) is 0 Å². The zero-order valence-electron chi connectivity index (χ0n) is 7.55. The smallest absolute Gasteiger partial charge is 0.267 e. The maximum Gasteiger partial charge on any atom is 0.270 e. The molecule has 1 heterocycles. The molecule has 2 nitrogen and oxygen atoms in total. The van der Waals surface area contributed by atoms with Crippen LogP contribution in [0.3, 0.4) is 0 Å². The number of nitrogens with zero attached hydrogens (tertiary/aromatic N) is 1. The van der Waals surface area contributed by atoms with Gasteiger partial charge in [0.25, 0.3) is 5.91 Å². The van der Waals surface area contributed by atoms with Gasteiger partial charge in [0.1, 0.15) is 0 Å². The van der Waals surface area contributed by atoms with Crippen LogP contribution in [0.25, 0.3) is 6.08 Å². The summed E-state index contributed by atoms with van der Waals surface area (Å²) in [6.45, 7) is 0. The zero-order valence-corrected chi connectivity index (χ0v) is 7.55. The van der Waals surface area contributed by atoms with Crippen molar-refractivity contribution >= 4 is 12.0 Å². The number of benzene rings is 1. The summed E-state index contributed by atoms with van der Waals surface area (Å²) in [4.78, 5) is 15.2. The molecule has 0 fully saturated rings. The maximum absolute atomic E-state index is 11.3. The minimum Gasteiger partial charge on any atom is -0.267 e. The number of hydrogen-bond donors (Lipinski definition) is 0. The van der Waals surface area contributed by atoms with Crippen LogP contribution in [0.15, 0.2) is 53.6 Å². The monoisotopic (exact) mass is 183 g/mol. The van der Waals surface area contributed by atoms with E-state index in [2.05, 4.69) is 4.99 Å². The van der Waals surface area contributed by atoms with Gasteiger partial charge in [-0.15, -0.1) is 0 Å². The Morgan fingerprint density at radius 2 is 1.86 bits per heavy atom. The Hall–Kier alpha value is -1.96. The number of carbonyl (C=O) groups is 1. The van der Waals surface area contributed by atoms with Crippen LogP contribution < -0.4 is 10.6 Å². The molecule has 0 bridgehead atoms. The van der Waals surface area contributed by atoms with E-state index in [1.54, 1.807) is 6.08 Å². The third-order valence-electron chi connectivity index (χ3n) is 1.90. The molecule has 1 amide bonds. The van der Waals surface area contributed by atoms with E-state index < -0.39 is 0 Å². The van der Waals surface area contributed by atoms with Crippen LogP contribution in [-0.2, 0) is 4.79 Å². The van der Waals surface area contributed by atoms with Gasteiger partial charge in [0.15, 0.2) is 0 Å². The highest BCUT2D eigenvalue weighted by Gasteiger charge is 1.91. The number of fused-ring (bicyclic) bond motifs is 1. The molecular formula is C12H9NO. The summed E-state index contributed by atoms with van der Waals surface area (Å²) in [6.07, 6.45) is 8.78. The first-order valence-electron chi connectivity index (χ1n) is 4.39. The minimum atomic E-state index is -0.225. The molecular weight excluding hydrogens is 174 g/mol. The van der Waals surface area contributed by atoms with E-state index in [0.29, 0.717) is 5.36 Å². The predicted molar refractivity (Wildman–Crippen MR) is 55.0 cm³/mol. The molecule has 1 aliphatic heterocycles. The molecule has 2 rings (SSSR count). The van der Waals surface area contributed by atoms with Gasteiger partial charge in [-0.25, -0.2) is 4.99 Å². The highest BCUT2D eigenvalue weighted by Crippen LogP contribution is 1.84. The first-order chi connectivity index (χ1) is 6.86. The Labute approximate surface area is 81.6 Å². The summed E-state index contributed by atoms with van der Waals surface area (Å²) < 4.78 is 0. The summed E-state index contributed by atoms with van der Waals surface area (Å²) in [6, 6.07) is 7.56. The molecule has 0 N–H and O–H groups in total. The molecule has 68 valence electrons. The molecule has 0 aromatic heterocycles. The molecule has 1 aromatic rings. The fourth-order valence-corrected chi connectivity index (χ4v) is 1.25. The van der Waals surface area contributed by atoms with Crippen molar-refractivity contribution in [1.29, 1.82) is 0 Å². The molecule has 14 heavy (non-hydrogen) atoms. The SMILES string of the molecule is O=C1C=CC=CC=c2ccccc2=N1. The third-order valence-corrected chi connectivity index (χ3v) is 1.90. The fourth-order valence-electron chi connectivity index (χ4n) is 1.25. The van der Waals surface area contributed by atoms with Crippen molar-refractivity contribution < 1.29 is 4.79 Å². The lowest BCUT2D eigenvalue weighted by Crippen LogP contribution is -2.24. The van der Waals surface area contributed by atoms with Gasteiger partial charge in [0.05, 0.1) is 5.36 Å². The average molecular weight is 183 g/mol. The number of para-hydroxylation sites is 1. The summed E-state index contributed by atoms with van der Waals surface area (Å²) in [5.41, 5.74) is 0. The van der Waals surface area contributed by atoms with Crippen molar-refractivity contribution in [2.24, 2.45) is 4.99 Å². The van der Waals surface area contributed by atoms with Crippen LogP contribution in [0, 0.1) is 0 Å². The van der Waals surface area contributed by atoms with Gasteiger partial charge in [-0.1, -0.05) is 42.5 Å². The lowest BCUT2D eigenvalue weighted by atomic mass is 10.2. The Bertz CT molecular complexity index is 523. The summed E-state index contributed by atoms with van der Waals surface area (Å²) in [7, 11) is 0. The van der Waals surface area contributed by atoms with Gasteiger partial charge in [0, 0.05) is 11.3 Å². The first kappa shape index (κ1) is 8.63. The lowest BCUT2D eigenvalue weighted by molar-refractivity contribution is -0.113. The van der Waals surface area contributed by atoms with E-state index in [-0.39, 0.29) is 5.91 Å². The predicted octanol–water partition coefficient (Wildman–Crippen LogP) is 0.739. The van der Waals surface area contributed by atoms with E-state index in [4.69, 9.17) is 0 Å². The van der Waals surface area contributed by atoms with Crippen molar-refractivity contribution in [3.8, 4) is 0 Å². The van der Waals surface area contributed by atoms with Crippen molar-refractivity contribution in [2.75, 3.05) is 0 Å². The van der Waals surface area contributed by atoms with E-state index >= 15 is 0 Å². The first-order valence-corrected chi connectivity index (χ1v) is 4.39. The highest BCUT2D eigenvalue weighted by molar-refractivity contribution is 5.88. The maximum atomic E-state index is 11.3. The molecule has 0 radical (unpaired) electrons. The number of allylic oxidation sites excluding steroid dienone is 3. The minimum absolute atomic E-state index is 0.225. The molecule has 1 aromatic carbocycles. The van der Waals surface area contributed by atoms with E-state index in [1.807, 2.05) is 42.5 Å². The van der Waals surface area contributed by atoms with Gasteiger partial charge in [0.2, 0.25) is 0 Å². The highest BCUT2D eigenvalue weighted by atomic mass is 16.1. The Balaban J connectivity index is 2.76. The molecule has 0 atom stereocenters. The van der Waals surface area contributed by atoms with E-state index in [1.165, 1.54) is 6.08 Å². The van der Waals surface area contributed by atoms with Crippen LogP contribution in [0.1, 0.15) is 0 Å². The Morgan fingerprint density at radius 3 is 2.79 bits per heavy atom. The molecule has 0 unspecified atom stereocenters. The van der Waals surface area contributed by atoms with E-state index in [9.17, 15) is 4.79 Å². The second kappa shape index (κ2) is 3.83. The molecule has 0 spiro atoms. The normalized spacial score (nSPS) is 14.4. The molecule has 0 saturated heterocycles. The third kappa shape index (κ3) is 1.85. The van der Waals surface area contributed by atoms with Gasteiger partial charge < -0.3 is 0 Å². The second-order valence-corrected chi connectivity index (χ2v) is 2.92. The second-order valence-electron chi connectivity index (χ2n) is 2.92. The van der Waals surface area contributed by atoms with Crippen molar-refractivity contribution in [3.63, 3.8) is 0 Å². The van der Waals surface area contributed by atoms with Crippen molar-refractivity contribution in [2.45, 2.75) is 0 Å². The van der Waals surface area contributed by atoms with E-state index in [0.717, 1.165) is 5.22 Å². The van der Waals surface area contributed by atoms with Crippen LogP contribution in [0.5, 0.6) is 0 Å². The van der Waals surface area contributed by atoms with Crippen molar-refractivity contribution in [3.05, 3.63) is 59.1 Å². The Kier molecular flexibility index (Phi) is 2.36. The number of carbonyl (C=O) groups excluding carboxylic acids is 1.